The van der Waals surface area contributed by atoms with Gasteiger partial charge in [-0.25, -0.2) is 4.98 Å². The maximum atomic E-state index is 13.1. The molecule has 0 N–H and O–H groups in total. The van der Waals surface area contributed by atoms with E-state index in [4.69, 9.17) is 0 Å². The van der Waals surface area contributed by atoms with Crippen LogP contribution in [0.3, 0.4) is 0 Å². The molecule has 1 aromatic carbocycles. The van der Waals surface area contributed by atoms with Crippen molar-refractivity contribution in [2.45, 2.75) is 39.7 Å². The van der Waals surface area contributed by atoms with Crippen LogP contribution in [0, 0.1) is 6.92 Å². The van der Waals surface area contributed by atoms with Crippen molar-refractivity contribution in [1.82, 2.24) is 9.55 Å². The van der Waals surface area contributed by atoms with Crippen LogP contribution in [0.4, 0.5) is 0 Å². The van der Waals surface area contributed by atoms with Gasteiger partial charge >= 0.3 is 0 Å². The van der Waals surface area contributed by atoms with Crippen molar-refractivity contribution in [2.24, 2.45) is 0 Å². The van der Waals surface area contributed by atoms with E-state index in [9.17, 15) is 9.59 Å². The largest absolute Gasteiger partial charge is 0.292 e. The van der Waals surface area contributed by atoms with E-state index < -0.39 is 0 Å². The van der Waals surface area contributed by atoms with E-state index in [2.05, 4.69) is 25.8 Å². The Balaban J connectivity index is 1.67. The number of carbonyl (C=O) groups is 1. The Hall–Kier alpha value is -2.57. The molecule has 0 aliphatic carbocycles. The first-order chi connectivity index (χ1) is 13.7. The molecule has 148 valence electrons. The van der Waals surface area contributed by atoms with E-state index in [-0.39, 0.29) is 23.3 Å². The average molecular weight is 423 g/mol. The number of thiophene rings is 2. The number of nitrogens with zero attached hydrogens (tertiary/aromatic N) is 2. The molecular formula is C23H22N2O2S2. The van der Waals surface area contributed by atoms with Gasteiger partial charge in [0.15, 0.2) is 5.78 Å². The van der Waals surface area contributed by atoms with Crippen LogP contribution in [0.5, 0.6) is 0 Å². The third-order valence-electron chi connectivity index (χ3n) is 4.95. The zero-order valence-electron chi connectivity index (χ0n) is 16.9. The molecule has 0 atom stereocenters. The summed E-state index contributed by atoms with van der Waals surface area (Å²) in [6.07, 6.45) is 1.48. The summed E-state index contributed by atoms with van der Waals surface area (Å²) in [5.74, 6) is -0.0996. The van der Waals surface area contributed by atoms with Gasteiger partial charge in [0.05, 0.1) is 18.3 Å². The minimum absolute atomic E-state index is 0.0185. The molecule has 0 saturated carbocycles. The van der Waals surface area contributed by atoms with Crippen LogP contribution in [-0.2, 0) is 12.0 Å². The van der Waals surface area contributed by atoms with E-state index in [1.165, 1.54) is 32.7 Å². The standard InChI is InChI=1S/C23H22N2O2S2/c1-14-5-10-19(29-14)17-12-28-21-20(17)22(27)25(13-24-21)11-18(26)15-6-8-16(9-7-15)23(2,3)4/h5-10,12-13H,11H2,1-4H3. The van der Waals surface area contributed by atoms with Gasteiger partial charge in [-0.2, -0.15) is 0 Å². The molecule has 4 rings (SSSR count). The summed E-state index contributed by atoms with van der Waals surface area (Å²) >= 11 is 3.11. The molecule has 0 saturated heterocycles. The van der Waals surface area contributed by atoms with Crippen molar-refractivity contribution in [3.8, 4) is 10.4 Å². The lowest BCUT2D eigenvalue weighted by Gasteiger charge is -2.19. The second kappa shape index (κ2) is 7.35. The first-order valence-electron chi connectivity index (χ1n) is 9.41. The third-order valence-corrected chi connectivity index (χ3v) is 6.87. The molecule has 6 heteroatoms. The second-order valence-corrected chi connectivity index (χ2v) is 10.3. The summed E-state index contributed by atoms with van der Waals surface area (Å²) < 4.78 is 1.42. The van der Waals surface area contributed by atoms with Gasteiger partial charge in [-0.05, 0) is 30.0 Å². The van der Waals surface area contributed by atoms with E-state index in [0.29, 0.717) is 15.8 Å². The zero-order valence-corrected chi connectivity index (χ0v) is 18.5. The van der Waals surface area contributed by atoms with Gasteiger partial charge in [0.2, 0.25) is 0 Å². The van der Waals surface area contributed by atoms with Crippen LogP contribution < -0.4 is 5.56 Å². The molecule has 4 aromatic rings. The average Bonchev–Trinajstić information content (AvgIpc) is 3.29. The van der Waals surface area contributed by atoms with Crippen molar-refractivity contribution in [1.29, 1.82) is 0 Å². The van der Waals surface area contributed by atoms with Gasteiger partial charge in [-0.1, -0.05) is 45.0 Å². The summed E-state index contributed by atoms with van der Waals surface area (Å²) in [6.45, 7) is 8.44. The lowest BCUT2D eigenvalue weighted by atomic mass is 9.86. The first kappa shape index (κ1) is 19.7. The number of aromatic nitrogens is 2. The molecule has 4 nitrogen and oxygen atoms in total. The molecule has 3 heterocycles. The van der Waals surface area contributed by atoms with Crippen molar-refractivity contribution in [3.63, 3.8) is 0 Å². The number of fused-ring (bicyclic) bond motifs is 1. The SMILES string of the molecule is Cc1ccc(-c2csc3ncn(CC(=O)c4ccc(C(C)(C)C)cc4)c(=O)c23)s1. The molecular weight excluding hydrogens is 400 g/mol. The van der Waals surface area contributed by atoms with Crippen molar-refractivity contribution < 1.29 is 4.79 Å². The number of benzene rings is 1. The summed E-state index contributed by atoms with van der Waals surface area (Å²) in [4.78, 5) is 33.3. The molecule has 0 spiro atoms. The highest BCUT2D eigenvalue weighted by molar-refractivity contribution is 7.19. The van der Waals surface area contributed by atoms with Gasteiger partial charge in [-0.15, -0.1) is 22.7 Å². The molecule has 0 fully saturated rings. The number of carbonyl (C=O) groups excluding carboxylic acids is 1. The summed E-state index contributed by atoms with van der Waals surface area (Å²) in [5.41, 5.74) is 2.53. The molecule has 0 amide bonds. The minimum atomic E-state index is -0.169. The van der Waals surface area contributed by atoms with Crippen LogP contribution in [0.1, 0.15) is 41.6 Å². The lowest BCUT2D eigenvalue weighted by molar-refractivity contribution is 0.0970. The van der Waals surface area contributed by atoms with Crippen LogP contribution in [0.2, 0.25) is 0 Å². The quantitative estimate of drug-likeness (QED) is 0.398. The molecule has 0 bridgehead atoms. The Morgan fingerprint density at radius 2 is 1.83 bits per heavy atom. The van der Waals surface area contributed by atoms with Crippen molar-refractivity contribution >= 4 is 38.7 Å². The lowest BCUT2D eigenvalue weighted by Crippen LogP contribution is -2.24. The van der Waals surface area contributed by atoms with Gasteiger partial charge in [0.25, 0.3) is 5.56 Å². The second-order valence-electron chi connectivity index (χ2n) is 8.17. The van der Waals surface area contributed by atoms with E-state index in [1.807, 2.05) is 48.7 Å². The fraction of sp³-hybridized carbons (Fsp3) is 0.261. The molecule has 0 unspecified atom stereocenters. The zero-order chi connectivity index (χ0) is 20.8. The van der Waals surface area contributed by atoms with Gasteiger partial charge in [0.1, 0.15) is 4.83 Å². The minimum Gasteiger partial charge on any atom is -0.292 e. The Morgan fingerprint density at radius 3 is 2.45 bits per heavy atom. The Morgan fingerprint density at radius 1 is 1.10 bits per heavy atom. The Bertz CT molecular complexity index is 1250. The predicted octanol–water partition coefficient (Wildman–Crippen LogP) is 5.68. The normalized spacial score (nSPS) is 11.9. The van der Waals surface area contributed by atoms with Crippen LogP contribution in [-0.4, -0.2) is 15.3 Å². The maximum absolute atomic E-state index is 13.1. The van der Waals surface area contributed by atoms with Crippen LogP contribution in [0.25, 0.3) is 20.7 Å². The first-order valence-corrected chi connectivity index (χ1v) is 11.1. The predicted molar refractivity (Wildman–Crippen MR) is 121 cm³/mol. The van der Waals surface area contributed by atoms with E-state index >= 15 is 0 Å². The maximum Gasteiger partial charge on any atom is 0.263 e. The monoisotopic (exact) mass is 422 g/mol. The molecule has 0 aliphatic rings. The molecule has 0 aliphatic heterocycles. The van der Waals surface area contributed by atoms with Crippen LogP contribution in [0.15, 0.2) is 52.9 Å². The molecule has 29 heavy (non-hydrogen) atoms. The Labute approximate surface area is 177 Å². The molecule has 0 radical (unpaired) electrons. The highest BCUT2D eigenvalue weighted by Crippen LogP contribution is 2.34. The summed E-state index contributed by atoms with van der Waals surface area (Å²) in [6, 6.07) is 11.7. The van der Waals surface area contributed by atoms with Crippen LogP contribution >= 0.6 is 22.7 Å². The highest BCUT2D eigenvalue weighted by atomic mass is 32.1. The fourth-order valence-electron chi connectivity index (χ4n) is 3.24. The number of hydrogen-bond donors (Lipinski definition) is 0. The van der Waals surface area contributed by atoms with Crippen molar-refractivity contribution in [3.05, 3.63) is 74.5 Å². The van der Waals surface area contributed by atoms with E-state index in [0.717, 1.165) is 10.4 Å². The fourth-order valence-corrected chi connectivity index (χ4v) is 5.10. The van der Waals surface area contributed by atoms with Gasteiger partial charge in [0, 0.05) is 26.3 Å². The summed E-state index contributed by atoms with van der Waals surface area (Å²) in [5, 5.41) is 2.57. The number of aryl methyl sites for hydroxylation is 1. The third kappa shape index (κ3) is 3.82. The van der Waals surface area contributed by atoms with Gasteiger partial charge in [-0.3, -0.25) is 14.2 Å². The smallest absolute Gasteiger partial charge is 0.263 e. The summed E-state index contributed by atoms with van der Waals surface area (Å²) in [7, 11) is 0. The number of Topliss-reactive ketones (excluding diaryl/α,β-unsaturated/α-hetero) is 1. The van der Waals surface area contributed by atoms with Gasteiger partial charge < -0.3 is 0 Å². The number of rotatable bonds is 4. The number of ketones is 1. The highest BCUT2D eigenvalue weighted by Gasteiger charge is 2.17. The molecule has 3 aromatic heterocycles. The van der Waals surface area contributed by atoms with Crippen molar-refractivity contribution in [2.75, 3.05) is 0 Å². The Kier molecular flexibility index (Phi) is 5.00. The number of hydrogen-bond acceptors (Lipinski definition) is 5. The van der Waals surface area contributed by atoms with E-state index in [1.54, 1.807) is 11.3 Å². The topological polar surface area (TPSA) is 52.0 Å².